The number of hydrogen-bond acceptors (Lipinski definition) is 3. The third-order valence-corrected chi connectivity index (χ3v) is 3.84. The number of halogens is 1. The Balaban J connectivity index is 1.97. The van der Waals surface area contributed by atoms with Gasteiger partial charge in [-0.2, -0.15) is 0 Å². The SMILES string of the molecule is COc1cccc(F)c1[C@H](C)NC(=O)CNC(=O)c1ccccc1C. The highest BCUT2D eigenvalue weighted by Crippen LogP contribution is 2.27. The predicted octanol–water partition coefficient (Wildman–Crippen LogP) is 2.75. The van der Waals surface area contributed by atoms with Crippen LogP contribution in [0.25, 0.3) is 0 Å². The van der Waals surface area contributed by atoms with Crippen LogP contribution in [0.1, 0.15) is 34.5 Å². The van der Waals surface area contributed by atoms with Gasteiger partial charge in [-0.25, -0.2) is 4.39 Å². The summed E-state index contributed by atoms with van der Waals surface area (Å²) in [5, 5.41) is 5.22. The van der Waals surface area contributed by atoms with Crippen molar-refractivity contribution in [1.82, 2.24) is 10.6 Å². The molecule has 2 N–H and O–H groups in total. The van der Waals surface area contributed by atoms with Crippen molar-refractivity contribution in [3.63, 3.8) is 0 Å². The Morgan fingerprint density at radius 1 is 1.16 bits per heavy atom. The zero-order valence-corrected chi connectivity index (χ0v) is 14.4. The summed E-state index contributed by atoms with van der Waals surface area (Å²) in [5.74, 6) is -0.850. The minimum absolute atomic E-state index is 0.200. The molecule has 0 radical (unpaired) electrons. The number of aryl methyl sites for hydroxylation is 1. The van der Waals surface area contributed by atoms with Gasteiger partial charge in [-0.1, -0.05) is 24.3 Å². The van der Waals surface area contributed by atoms with Crippen molar-refractivity contribution in [2.75, 3.05) is 13.7 Å². The molecule has 0 aromatic heterocycles. The molecule has 0 bridgehead atoms. The highest BCUT2D eigenvalue weighted by molar-refractivity contribution is 5.97. The van der Waals surface area contributed by atoms with Crippen LogP contribution in [0.15, 0.2) is 42.5 Å². The van der Waals surface area contributed by atoms with E-state index in [0.29, 0.717) is 11.3 Å². The van der Waals surface area contributed by atoms with E-state index in [1.54, 1.807) is 25.1 Å². The lowest BCUT2D eigenvalue weighted by atomic mass is 10.1. The second-order valence-corrected chi connectivity index (χ2v) is 5.64. The molecule has 2 rings (SSSR count). The minimum atomic E-state index is -0.598. The monoisotopic (exact) mass is 344 g/mol. The van der Waals surface area contributed by atoms with Crippen molar-refractivity contribution in [1.29, 1.82) is 0 Å². The molecule has 25 heavy (non-hydrogen) atoms. The van der Waals surface area contributed by atoms with E-state index in [9.17, 15) is 14.0 Å². The standard InChI is InChI=1S/C19H21FN2O3/c1-12-7-4-5-8-14(12)19(24)21-11-17(23)22-13(2)18-15(20)9-6-10-16(18)25-3/h4-10,13H,11H2,1-3H3,(H,21,24)(H,22,23)/t13-/m0/s1. The molecule has 2 amide bonds. The fraction of sp³-hybridized carbons (Fsp3) is 0.263. The van der Waals surface area contributed by atoms with Crippen molar-refractivity contribution in [3.05, 3.63) is 65.0 Å². The first kappa shape index (κ1) is 18.4. The average molecular weight is 344 g/mol. The van der Waals surface area contributed by atoms with E-state index in [2.05, 4.69) is 10.6 Å². The Hall–Kier alpha value is -2.89. The summed E-state index contributed by atoms with van der Waals surface area (Å²) in [6, 6.07) is 11.0. The molecular formula is C19H21FN2O3. The van der Waals surface area contributed by atoms with Gasteiger partial charge in [0.15, 0.2) is 0 Å². The number of hydrogen-bond donors (Lipinski definition) is 2. The smallest absolute Gasteiger partial charge is 0.251 e. The molecular weight excluding hydrogens is 323 g/mol. The first-order chi connectivity index (χ1) is 11.9. The fourth-order valence-corrected chi connectivity index (χ4v) is 2.56. The first-order valence-electron chi connectivity index (χ1n) is 7.89. The molecule has 0 aliphatic carbocycles. The number of amides is 2. The molecule has 2 aromatic carbocycles. The zero-order valence-electron chi connectivity index (χ0n) is 14.4. The Morgan fingerprint density at radius 3 is 2.56 bits per heavy atom. The maximum absolute atomic E-state index is 14.0. The first-order valence-corrected chi connectivity index (χ1v) is 7.89. The van der Waals surface area contributed by atoms with Crippen LogP contribution in [-0.2, 0) is 4.79 Å². The number of rotatable bonds is 6. The number of methoxy groups -OCH3 is 1. The Bertz CT molecular complexity index is 777. The van der Waals surface area contributed by atoms with Crippen molar-refractivity contribution in [2.45, 2.75) is 19.9 Å². The van der Waals surface area contributed by atoms with E-state index >= 15 is 0 Å². The fourth-order valence-electron chi connectivity index (χ4n) is 2.56. The molecule has 6 heteroatoms. The molecule has 0 unspecified atom stereocenters. The lowest BCUT2D eigenvalue weighted by Crippen LogP contribution is -2.38. The van der Waals surface area contributed by atoms with E-state index in [4.69, 9.17) is 4.74 Å². The summed E-state index contributed by atoms with van der Waals surface area (Å²) < 4.78 is 19.2. The van der Waals surface area contributed by atoms with Gasteiger partial charge in [0.25, 0.3) is 5.91 Å². The third kappa shape index (κ3) is 4.56. The molecule has 0 aliphatic rings. The molecule has 0 aliphatic heterocycles. The summed E-state index contributed by atoms with van der Waals surface area (Å²) >= 11 is 0. The highest BCUT2D eigenvalue weighted by Gasteiger charge is 2.18. The lowest BCUT2D eigenvalue weighted by Gasteiger charge is -2.18. The summed E-state index contributed by atoms with van der Waals surface area (Å²) in [7, 11) is 1.44. The van der Waals surface area contributed by atoms with Gasteiger partial charge in [-0.3, -0.25) is 9.59 Å². The van der Waals surface area contributed by atoms with Gasteiger partial charge in [-0.05, 0) is 37.6 Å². The molecule has 132 valence electrons. The Labute approximate surface area is 146 Å². The van der Waals surface area contributed by atoms with Gasteiger partial charge in [0, 0.05) is 5.56 Å². The van der Waals surface area contributed by atoms with Gasteiger partial charge in [-0.15, -0.1) is 0 Å². The largest absolute Gasteiger partial charge is 0.496 e. The molecule has 0 spiro atoms. The van der Waals surface area contributed by atoms with E-state index in [1.165, 1.54) is 19.2 Å². The number of nitrogens with one attached hydrogen (secondary N) is 2. The van der Waals surface area contributed by atoms with Gasteiger partial charge >= 0.3 is 0 Å². The van der Waals surface area contributed by atoms with Crippen molar-refractivity contribution in [2.24, 2.45) is 0 Å². The van der Waals surface area contributed by atoms with Gasteiger partial charge in [0.1, 0.15) is 11.6 Å². The quantitative estimate of drug-likeness (QED) is 0.847. The van der Waals surface area contributed by atoms with Gasteiger partial charge in [0.2, 0.25) is 5.91 Å². The number of benzene rings is 2. The molecule has 0 heterocycles. The number of carbonyl (C=O) groups excluding carboxylic acids is 2. The molecule has 0 fully saturated rings. The Morgan fingerprint density at radius 2 is 1.88 bits per heavy atom. The van der Waals surface area contributed by atoms with Crippen LogP contribution >= 0.6 is 0 Å². The predicted molar refractivity (Wildman–Crippen MR) is 93.0 cm³/mol. The summed E-state index contributed by atoms with van der Waals surface area (Å²) in [5.41, 5.74) is 1.60. The highest BCUT2D eigenvalue weighted by atomic mass is 19.1. The van der Waals surface area contributed by atoms with Crippen LogP contribution in [0.3, 0.4) is 0 Å². The third-order valence-electron chi connectivity index (χ3n) is 3.84. The van der Waals surface area contributed by atoms with Crippen LogP contribution in [0.5, 0.6) is 5.75 Å². The topological polar surface area (TPSA) is 67.4 Å². The average Bonchev–Trinajstić information content (AvgIpc) is 2.59. The molecule has 0 saturated carbocycles. The maximum Gasteiger partial charge on any atom is 0.251 e. The van der Waals surface area contributed by atoms with Crippen LogP contribution in [0.2, 0.25) is 0 Å². The molecule has 1 atom stereocenters. The van der Waals surface area contributed by atoms with Crippen LogP contribution in [0.4, 0.5) is 4.39 Å². The van der Waals surface area contributed by atoms with Crippen LogP contribution < -0.4 is 15.4 Å². The van der Waals surface area contributed by atoms with Crippen LogP contribution in [0, 0.1) is 12.7 Å². The van der Waals surface area contributed by atoms with Crippen molar-refractivity contribution < 1.29 is 18.7 Å². The lowest BCUT2D eigenvalue weighted by molar-refractivity contribution is -0.120. The second-order valence-electron chi connectivity index (χ2n) is 5.64. The summed E-state index contributed by atoms with van der Waals surface area (Å²) in [4.78, 5) is 24.2. The Kier molecular flexibility index (Phi) is 6.11. The maximum atomic E-state index is 14.0. The summed E-state index contributed by atoms with van der Waals surface area (Å²) in [6.45, 7) is 3.28. The van der Waals surface area contributed by atoms with Crippen molar-refractivity contribution >= 4 is 11.8 Å². The van der Waals surface area contributed by atoms with Crippen LogP contribution in [-0.4, -0.2) is 25.5 Å². The zero-order chi connectivity index (χ0) is 18.4. The van der Waals surface area contributed by atoms with E-state index in [1.807, 2.05) is 19.1 Å². The van der Waals surface area contributed by atoms with E-state index in [-0.39, 0.29) is 18.0 Å². The van der Waals surface area contributed by atoms with Gasteiger partial charge in [0.05, 0.1) is 25.3 Å². The molecule has 5 nitrogen and oxygen atoms in total. The number of ether oxygens (including phenoxy) is 1. The molecule has 2 aromatic rings. The second kappa shape index (κ2) is 8.28. The van der Waals surface area contributed by atoms with E-state index < -0.39 is 17.8 Å². The number of carbonyl (C=O) groups is 2. The summed E-state index contributed by atoms with van der Waals surface area (Å²) in [6.07, 6.45) is 0. The van der Waals surface area contributed by atoms with Gasteiger partial charge < -0.3 is 15.4 Å². The normalized spacial score (nSPS) is 11.5. The van der Waals surface area contributed by atoms with E-state index in [0.717, 1.165) is 5.56 Å². The minimum Gasteiger partial charge on any atom is -0.496 e. The van der Waals surface area contributed by atoms with Crippen molar-refractivity contribution in [3.8, 4) is 5.75 Å². The molecule has 0 saturated heterocycles.